The van der Waals surface area contributed by atoms with Crippen molar-refractivity contribution < 1.29 is 28.5 Å². The largest absolute Gasteiger partial charge is 0.461 e. The second-order valence-corrected chi connectivity index (χ2v) is 20.9. The number of carbonyl (C=O) groups is 2. The fourth-order valence-electron chi connectivity index (χ4n) is 9.28. The molecule has 0 amide bonds. The van der Waals surface area contributed by atoms with Crippen LogP contribution in [0.15, 0.2) is 0 Å². The van der Waals surface area contributed by atoms with Crippen LogP contribution in [0.2, 0.25) is 0 Å². The number of alkyl halides is 1. The number of hydrogen-bond acceptors (Lipinski definition) is 8. The summed E-state index contributed by atoms with van der Waals surface area (Å²) in [5.74, 6) is 5.86. The van der Waals surface area contributed by atoms with Crippen molar-refractivity contribution >= 4 is 47.1 Å². The van der Waals surface area contributed by atoms with E-state index < -0.39 is 5.79 Å². The van der Waals surface area contributed by atoms with Crippen LogP contribution in [0.25, 0.3) is 0 Å². The lowest BCUT2D eigenvalue weighted by Gasteiger charge is -2.28. The first kappa shape index (κ1) is 52.2. The molecule has 2 aliphatic carbocycles. The van der Waals surface area contributed by atoms with Gasteiger partial charge in [-0.2, -0.15) is 23.5 Å². The van der Waals surface area contributed by atoms with Crippen LogP contribution in [-0.4, -0.2) is 71.5 Å². The molecule has 3 fully saturated rings. The number of carbonyl (C=O) groups excluding carboxylic acids is 2. The zero-order valence-corrected chi connectivity index (χ0v) is 40.0. The molecule has 2 saturated carbocycles. The summed E-state index contributed by atoms with van der Waals surface area (Å²) in [6.07, 6.45) is 38.0. The van der Waals surface area contributed by atoms with Crippen LogP contribution >= 0.6 is 35.1 Å². The third kappa shape index (κ3) is 25.1. The van der Waals surface area contributed by atoms with E-state index >= 15 is 0 Å². The lowest BCUT2D eigenvalue weighted by molar-refractivity contribution is -0.179. The van der Waals surface area contributed by atoms with Crippen molar-refractivity contribution in [3.8, 4) is 0 Å². The van der Waals surface area contributed by atoms with Crippen LogP contribution < -0.4 is 0 Å². The molecule has 1 heterocycles. The van der Waals surface area contributed by atoms with E-state index in [9.17, 15) is 9.59 Å². The quantitative estimate of drug-likeness (QED) is 0.0350. The van der Waals surface area contributed by atoms with Gasteiger partial charge in [-0.1, -0.05) is 129 Å². The van der Waals surface area contributed by atoms with Gasteiger partial charge in [0, 0.05) is 43.1 Å². The van der Waals surface area contributed by atoms with Crippen molar-refractivity contribution in [1.29, 1.82) is 0 Å². The van der Waals surface area contributed by atoms with Gasteiger partial charge < -0.3 is 18.9 Å². The van der Waals surface area contributed by atoms with Crippen molar-refractivity contribution in [3.63, 3.8) is 0 Å². The number of rotatable bonds is 36. The van der Waals surface area contributed by atoms with Gasteiger partial charge in [0.2, 0.25) is 0 Å². The molecule has 0 aromatic carbocycles. The van der Waals surface area contributed by atoms with E-state index in [0.717, 1.165) is 118 Å². The summed E-state index contributed by atoms with van der Waals surface area (Å²) in [7, 11) is 0. The minimum atomic E-state index is -0.470. The van der Waals surface area contributed by atoms with Crippen LogP contribution in [0.3, 0.4) is 0 Å². The Hall–Kier alpha value is -0.150. The monoisotopic (exact) mass is 873 g/mol. The van der Waals surface area contributed by atoms with E-state index in [0.29, 0.717) is 25.3 Å². The summed E-state index contributed by atoms with van der Waals surface area (Å²) < 4.78 is 25.2. The van der Waals surface area contributed by atoms with Crippen LogP contribution in [0.1, 0.15) is 226 Å². The molecule has 0 bridgehead atoms. The van der Waals surface area contributed by atoms with Crippen LogP contribution in [0.5, 0.6) is 0 Å². The summed E-state index contributed by atoms with van der Waals surface area (Å²) in [5, 5.41) is 0. The van der Waals surface area contributed by atoms with Gasteiger partial charge >= 0.3 is 11.9 Å². The number of esters is 2. The lowest BCUT2D eigenvalue weighted by atomic mass is 9.85. The Kier molecular flexibility index (Phi) is 30.9. The van der Waals surface area contributed by atoms with Gasteiger partial charge in [-0.15, -0.1) is 11.6 Å². The third-order valence-corrected chi connectivity index (χ3v) is 15.5. The van der Waals surface area contributed by atoms with E-state index in [1.807, 2.05) is 23.5 Å². The Bertz CT molecular complexity index is 940. The van der Waals surface area contributed by atoms with Crippen molar-refractivity contribution in [3.05, 3.63) is 0 Å². The predicted molar refractivity (Wildman–Crippen MR) is 249 cm³/mol. The highest BCUT2D eigenvalue weighted by atomic mass is 35.5. The molecule has 3 unspecified atom stereocenters. The van der Waals surface area contributed by atoms with E-state index in [1.54, 1.807) is 0 Å². The second kappa shape index (κ2) is 34.3. The first-order valence-electron chi connectivity index (χ1n) is 24.9. The molecule has 3 atom stereocenters. The maximum absolute atomic E-state index is 12.7. The summed E-state index contributed by atoms with van der Waals surface area (Å²) in [6.45, 7) is 5.07. The Morgan fingerprint density at radius 2 is 1.09 bits per heavy atom. The average molecular weight is 874 g/mol. The Morgan fingerprint density at radius 3 is 1.53 bits per heavy atom. The highest BCUT2D eigenvalue weighted by molar-refractivity contribution is 7.99. The SMILES string of the molecule is CCCCCCC(=O)OC(CCC1CCCCC1)CSCCCCCC1(CCCCCSCC(CCC2CCCCC2)OC(=O)CCCCCC)OCC(CCCl)O1. The minimum absolute atomic E-state index is 0.0122. The highest BCUT2D eigenvalue weighted by Crippen LogP contribution is 2.36. The molecule has 1 saturated heterocycles. The molecule has 0 aromatic rings. The molecule has 0 N–H and O–H groups in total. The second-order valence-electron chi connectivity index (χ2n) is 18.2. The topological polar surface area (TPSA) is 71.1 Å². The molecular formula is C49H89ClO6S2. The molecule has 3 rings (SSSR count). The fourth-order valence-corrected chi connectivity index (χ4v) is 11.7. The molecule has 0 aromatic heterocycles. The van der Waals surface area contributed by atoms with Crippen molar-refractivity contribution in [2.45, 2.75) is 250 Å². The van der Waals surface area contributed by atoms with Gasteiger partial charge in [-0.3, -0.25) is 9.59 Å². The first-order chi connectivity index (χ1) is 28.4. The maximum atomic E-state index is 12.7. The standard InChI is InChI=1S/C49H89ClO6S2/c1-3-5-7-17-27-47(51)54-45(31-29-42-23-13-9-14-24-42)40-57-37-21-11-19-34-49(53-39-44(56-49)33-36-50)35-20-12-22-38-58-41-46(32-30-43-25-15-10-16-26-43)55-48(52)28-18-8-6-4-2/h42-46H,3-41H2,1-2H3. The van der Waals surface area contributed by atoms with Gasteiger partial charge in [0.05, 0.1) is 12.7 Å². The molecule has 0 radical (unpaired) electrons. The average Bonchev–Trinajstić information content (AvgIpc) is 3.64. The normalized spacial score (nSPS) is 21.6. The highest BCUT2D eigenvalue weighted by Gasteiger charge is 2.40. The van der Waals surface area contributed by atoms with E-state index in [2.05, 4.69) is 13.8 Å². The van der Waals surface area contributed by atoms with Gasteiger partial charge in [-0.05, 0) is 94.0 Å². The molecule has 0 spiro atoms. The molecule has 9 heteroatoms. The maximum Gasteiger partial charge on any atom is 0.306 e. The first-order valence-corrected chi connectivity index (χ1v) is 27.7. The fraction of sp³-hybridized carbons (Fsp3) is 0.959. The molecule has 58 heavy (non-hydrogen) atoms. The molecule has 3 aliphatic rings. The van der Waals surface area contributed by atoms with Crippen molar-refractivity contribution in [2.24, 2.45) is 11.8 Å². The van der Waals surface area contributed by atoms with Crippen molar-refractivity contribution in [2.75, 3.05) is 35.5 Å². The number of unbranched alkanes of at least 4 members (excludes halogenated alkanes) is 10. The van der Waals surface area contributed by atoms with E-state index in [4.69, 9.17) is 30.5 Å². The number of thioether (sulfide) groups is 2. The van der Waals surface area contributed by atoms with E-state index in [1.165, 1.54) is 116 Å². The van der Waals surface area contributed by atoms with Crippen LogP contribution in [0.4, 0.5) is 0 Å². The Morgan fingerprint density at radius 1 is 0.621 bits per heavy atom. The van der Waals surface area contributed by atoms with E-state index in [-0.39, 0.29) is 30.3 Å². The summed E-state index contributed by atoms with van der Waals surface area (Å²) in [6, 6.07) is 0. The number of halogens is 1. The lowest BCUT2D eigenvalue weighted by Crippen LogP contribution is -2.31. The predicted octanol–water partition coefficient (Wildman–Crippen LogP) is 14.8. The molecule has 1 aliphatic heterocycles. The van der Waals surface area contributed by atoms with Gasteiger partial charge in [0.1, 0.15) is 12.2 Å². The number of hydrogen-bond donors (Lipinski definition) is 0. The summed E-state index contributed by atoms with van der Waals surface area (Å²) in [4.78, 5) is 25.4. The van der Waals surface area contributed by atoms with Gasteiger partial charge in [0.25, 0.3) is 0 Å². The molecule has 6 nitrogen and oxygen atoms in total. The van der Waals surface area contributed by atoms with Gasteiger partial charge in [-0.25, -0.2) is 0 Å². The van der Waals surface area contributed by atoms with Crippen LogP contribution in [-0.2, 0) is 28.5 Å². The Labute approximate surface area is 371 Å². The molecular weight excluding hydrogens is 784 g/mol. The Balaban J connectivity index is 1.34. The zero-order chi connectivity index (χ0) is 41.4. The van der Waals surface area contributed by atoms with Gasteiger partial charge in [0.15, 0.2) is 5.79 Å². The zero-order valence-electron chi connectivity index (χ0n) is 37.6. The molecule has 340 valence electrons. The number of ether oxygens (including phenoxy) is 4. The van der Waals surface area contributed by atoms with Crippen LogP contribution in [0, 0.1) is 11.8 Å². The minimum Gasteiger partial charge on any atom is -0.461 e. The summed E-state index contributed by atoms with van der Waals surface area (Å²) in [5.41, 5.74) is 0. The van der Waals surface area contributed by atoms with Crippen molar-refractivity contribution in [1.82, 2.24) is 0 Å². The third-order valence-electron chi connectivity index (χ3n) is 13.0. The summed E-state index contributed by atoms with van der Waals surface area (Å²) >= 11 is 10.1. The smallest absolute Gasteiger partial charge is 0.306 e.